The lowest BCUT2D eigenvalue weighted by Crippen LogP contribution is -2.05. The molecule has 2 N–H and O–H groups in total. The maximum atomic E-state index is 11.7. The van der Waals surface area contributed by atoms with Crippen molar-refractivity contribution in [2.45, 2.75) is 6.61 Å². The fourth-order valence-electron chi connectivity index (χ4n) is 1.37. The minimum atomic E-state index is -0.444. The van der Waals surface area contributed by atoms with Crippen LogP contribution >= 0.6 is 11.6 Å². The van der Waals surface area contributed by atoms with E-state index in [1.165, 1.54) is 6.07 Å². The maximum Gasteiger partial charge on any atom is 0.338 e. The van der Waals surface area contributed by atoms with Crippen molar-refractivity contribution in [2.75, 3.05) is 5.73 Å². The fourth-order valence-corrected chi connectivity index (χ4v) is 1.55. The van der Waals surface area contributed by atoms with Crippen molar-refractivity contribution in [2.24, 2.45) is 0 Å². The number of ether oxygens (including phenoxy) is 1. The third kappa shape index (κ3) is 2.99. The van der Waals surface area contributed by atoms with Gasteiger partial charge in [0.1, 0.15) is 6.61 Å². The molecule has 2 aromatic rings. The number of nitrogen functional groups attached to an aromatic ring is 1. The number of halogens is 1. The first-order valence-corrected chi connectivity index (χ1v) is 5.65. The number of anilines is 1. The number of esters is 1. The van der Waals surface area contributed by atoms with Crippen molar-refractivity contribution in [3.63, 3.8) is 0 Å². The number of aromatic nitrogens is 1. The lowest BCUT2D eigenvalue weighted by atomic mass is 10.2. The van der Waals surface area contributed by atoms with E-state index in [1.807, 2.05) is 6.07 Å². The van der Waals surface area contributed by atoms with Gasteiger partial charge in [0.2, 0.25) is 0 Å². The molecule has 0 radical (unpaired) electrons. The molecule has 1 heterocycles. The average Bonchev–Trinajstić information content (AvgIpc) is 2.40. The number of carbonyl (C=O) groups excluding carboxylic acids is 1. The molecule has 0 saturated carbocycles. The van der Waals surface area contributed by atoms with Crippen LogP contribution in [-0.4, -0.2) is 11.0 Å². The summed E-state index contributed by atoms with van der Waals surface area (Å²) >= 11 is 5.83. The zero-order valence-electron chi connectivity index (χ0n) is 9.47. The van der Waals surface area contributed by atoms with E-state index in [1.54, 1.807) is 30.6 Å². The smallest absolute Gasteiger partial charge is 0.338 e. The van der Waals surface area contributed by atoms with Gasteiger partial charge in [0, 0.05) is 18.0 Å². The van der Waals surface area contributed by atoms with Crippen molar-refractivity contribution in [3.8, 4) is 0 Å². The molecule has 0 aliphatic carbocycles. The van der Waals surface area contributed by atoms with E-state index in [9.17, 15) is 4.79 Å². The van der Waals surface area contributed by atoms with Crippen LogP contribution in [0.4, 0.5) is 5.69 Å². The lowest BCUT2D eigenvalue weighted by Gasteiger charge is -2.05. The molecule has 92 valence electrons. The molecule has 0 unspecified atom stereocenters. The van der Waals surface area contributed by atoms with E-state index < -0.39 is 5.97 Å². The van der Waals surface area contributed by atoms with E-state index in [2.05, 4.69) is 4.98 Å². The van der Waals surface area contributed by atoms with Crippen molar-refractivity contribution >= 4 is 23.3 Å². The van der Waals surface area contributed by atoms with Crippen LogP contribution in [0.1, 0.15) is 15.9 Å². The van der Waals surface area contributed by atoms with E-state index in [0.717, 1.165) is 5.56 Å². The fraction of sp³-hybridized carbons (Fsp3) is 0.0769. The van der Waals surface area contributed by atoms with Crippen molar-refractivity contribution in [3.05, 3.63) is 58.9 Å². The SMILES string of the molecule is Nc1ccc(C(=O)OCc2cccnc2)cc1Cl. The molecular formula is C13H11ClN2O2. The van der Waals surface area contributed by atoms with Crippen LogP contribution < -0.4 is 5.73 Å². The minimum Gasteiger partial charge on any atom is -0.457 e. The van der Waals surface area contributed by atoms with E-state index >= 15 is 0 Å². The zero-order valence-corrected chi connectivity index (χ0v) is 10.2. The Morgan fingerprint density at radius 3 is 2.89 bits per heavy atom. The van der Waals surface area contributed by atoms with Crippen molar-refractivity contribution in [1.82, 2.24) is 4.98 Å². The lowest BCUT2D eigenvalue weighted by molar-refractivity contribution is 0.0472. The van der Waals surface area contributed by atoms with E-state index in [0.29, 0.717) is 16.3 Å². The summed E-state index contributed by atoms with van der Waals surface area (Å²) in [4.78, 5) is 15.7. The number of nitrogens with two attached hydrogens (primary N) is 1. The Kier molecular flexibility index (Phi) is 3.79. The molecule has 1 aromatic carbocycles. The molecule has 0 bridgehead atoms. The summed E-state index contributed by atoms with van der Waals surface area (Å²) in [6.45, 7) is 0.175. The zero-order chi connectivity index (χ0) is 13.0. The summed E-state index contributed by atoms with van der Waals surface area (Å²) in [5, 5.41) is 0.339. The molecule has 1 aromatic heterocycles. The molecule has 0 amide bonds. The number of benzene rings is 1. The molecule has 5 heteroatoms. The van der Waals surface area contributed by atoms with Crippen molar-refractivity contribution < 1.29 is 9.53 Å². The summed E-state index contributed by atoms with van der Waals surface area (Å²) in [5.41, 5.74) is 7.19. The maximum absolute atomic E-state index is 11.7. The van der Waals surface area contributed by atoms with Gasteiger partial charge in [-0.05, 0) is 24.3 Å². The number of carbonyl (C=O) groups is 1. The Morgan fingerprint density at radius 1 is 1.39 bits per heavy atom. The molecule has 0 aliphatic heterocycles. The van der Waals surface area contributed by atoms with Crippen LogP contribution in [0.15, 0.2) is 42.7 Å². The van der Waals surface area contributed by atoms with Crippen LogP contribution in [0.2, 0.25) is 5.02 Å². The molecule has 0 atom stereocenters. The molecule has 0 aliphatic rings. The summed E-state index contributed by atoms with van der Waals surface area (Å²) in [5.74, 6) is -0.444. The van der Waals surface area contributed by atoms with Gasteiger partial charge in [-0.15, -0.1) is 0 Å². The number of nitrogens with zero attached hydrogens (tertiary/aromatic N) is 1. The largest absolute Gasteiger partial charge is 0.457 e. The van der Waals surface area contributed by atoms with Gasteiger partial charge < -0.3 is 10.5 Å². The van der Waals surface area contributed by atoms with Gasteiger partial charge in [-0.2, -0.15) is 0 Å². The molecule has 4 nitrogen and oxygen atoms in total. The summed E-state index contributed by atoms with van der Waals surface area (Å²) in [7, 11) is 0. The first kappa shape index (κ1) is 12.4. The minimum absolute atomic E-state index is 0.175. The number of pyridine rings is 1. The highest BCUT2D eigenvalue weighted by atomic mass is 35.5. The Morgan fingerprint density at radius 2 is 2.22 bits per heavy atom. The van der Waals surface area contributed by atoms with Gasteiger partial charge in [0.15, 0.2) is 0 Å². The van der Waals surface area contributed by atoms with Gasteiger partial charge >= 0.3 is 5.97 Å². The second-order valence-electron chi connectivity index (χ2n) is 3.67. The number of rotatable bonds is 3. The number of hydrogen-bond donors (Lipinski definition) is 1. The van der Waals surface area contributed by atoms with Gasteiger partial charge in [-0.1, -0.05) is 17.7 Å². The summed E-state index contributed by atoms with van der Waals surface area (Å²) in [6, 6.07) is 8.25. The van der Waals surface area contributed by atoms with Crippen LogP contribution in [0.25, 0.3) is 0 Å². The predicted molar refractivity (Wildman–Crippen MR) is 69.2 cm³/mol. The van der Waals surface area contributed by atoms with Crippen LogP contribution in [0.5, 0.6) is 0 Å². The molecular weight excluding hydrogens is 252 g/mol. The van der Waals surface area contributed by atoms with Gasteiger partial charge in [-0.3, -0.25) is 4.98 Å². The quantitative estimate of drug-likeness (QED) is 0.682. The van der Waals surface area contributed by atoms with Gasteiger partial charge in [0.05, 0.1) is 16.3 Å². The predicted octanol–water partition coefficient (Wildman–Crippen LogP) is 2.67. The first-order valence-electron chi connectivity index (χ1n) is 5.28. The molecule has 0 spiro atoms. The standard InChI is InChI=1S/C13H11ClN2O2/c14-11-6-10(3-4-12(11)15)13(17)18-8-9-2-1-5-16-7-9/h1-7H,8,15H2. The normalized spacial score (nSPS) is 10.1. The topological polar surface area (TPSA) is 65.2 Å². The second-order valence-corrected chi connectivity index (χ2v) is 4.08. The third-order valence-electron chi connectivity index (χ3n) is 2.33. The highest BCUT2D eigenvalue weighted by molar-refractivity contribution is 6.33. The van der Waals surface area contributed by atoms with Gasteiger partial charge in [-0.25, -0.2) is 4.79 Å². The highest BCUT2D eigenvalue weighted by Gasteiger charge is 2.09. The van der Waals surface area contributed by atoms with E-state index in [-0.39, 0.29) is 6.61 Å². The molecule has 2 rings (SSSR count). The van der Waals surface area contributed by atoms with Crippen molar-refractivity contribution in [1.29, 1.82) is 0 Å². The second kappa shape index (κ2) is 5.51. The summed E-state index contributed by atoms with van der Waals surface area (Å²) in [6.07, 6.45) is 3.30. The monoisotopic (exact) mass is 262 g/mol. The Balaban J connectivity index is 2.02. The Bertz CT molecular complexity index is 558. The summed E-state index contributed by atoms with van der Waals surface area (Å²) < 4.78 is 5.13. The molecule has 0 saturated heterocycles. The molecule has 0 fully saturated rings. The average molecular weight is 263 g/mol. The van der Waals surface area contributed by atoms with Crippen LogP contribution in [-0.2, 0) is 11.3 Å². The van der Waals surface area contributed by atoms with Crippen LogP contribution in [0, 0.1) is 0 Å². The van der Waals surface area contributed by atoms with Crippen LogP contribution in [0.3, 0.4) is 0 Å². The van der Waals surface area contributed by atoms with Gasteiger partial charge in [0.25, 0.3) is 0 Å². The Labute approximate surface area is 109 Å². The first-order chi connectivity index (χ1) is 8.66. The molecule has 18 heavy (non-hydrogen) atoms. The Hall–Kier alpha value is -2.07. The third-order valence-corrected chi connectivity index (χ3v) is 2.66. The van der Waals surface area contributed by atoms with E-state index in [4.69, 9.17) is 22.1 Å². The highest BCUT2D eigenvalue weighted by Crippen LogP contribution is 2.20. The number of hydrogen-bond acceptors (Lipinski definition) is 4.